The number of halogens is 1. The van der Waals surface area contributed by atoms with Crippen LogP contribution in [0.15, 0.2) is 22.9 Å². The molecule has 17 heavy (non-hydrogen) atoms. The third-order valence-electron chi connectivity index (χ3n) is 2.78. The first-order valence-electron chi connectivity index (χ1n) is 6.05. The Morgan fingerprint density at radius 1 is 1.47 bits per heavy atom. The number of methoxy groups -OCH3 is 1. The molecule has 0 aliphatic heterocycles. The number of aromatic nitrogens is 1. The summed E-state index contributed by atoms with van der Waals surface area (Å²) in [4.78, 5) is 4.19. The van der Waals surface area contributed by atoms with E-state index in [1.165, 1.54) is 12.0 Å². The summed E-state index contributed by atoms with van der Waals surface area (Å²) in [7, 11) is 1.73. The lowest BCUT2D eigenvalue weighted by molar-refractivity contribution is 0.197. The summed E-state index contributed by atoms with van der Waals surface area (Å²) >= 11 is 3.45. The van der Waals surface area contributed by atoms with Crippen molar-refractivity contribution in [2.24, 2.45) is 5.92 Å². The van der Waals surface area contributed by atoms with E-state index >= 15 is 0 Å². The van der Waals surface area contributed by atoms with Gasteiger partial charge in [0.2, 0.25) is 0 Å². The van der Waals surface area contributed by atoms with Crippen molar-refractivity contribution in [1.29, 1.82) is 0 Å². The SMILES string of the molecule is CCC(CNCCOC)Cc1cncc(Br)c1. The lowest BCUT2D eigenvalue weighted by Crippen LogP contribution is -2.27. The Hall–Kier alpha value is -0.450. The average molecular weight is 301 g/mol. The van der Waals surface area contributed by atoms with E-state index in [9.17, 15) is 0 Å². The first-order valence-corrected chi connectivity index (χ1v) is 6.84. The molecule has 1 aromatic heterocycles. The average Bonchev–Trinajstić information content (AvgIpc) is 2.33. The van der Waals surface area contributed by atoms with Crippen molar-refractivity contribution in [1.82, 2.24) is 10.3 Å². The third kappa shape index (κ3) is 6.15. The zero-order chi connectivity index (χ0) is 12.5. The van der Waals surface area contributed by atoms with Crippen LogP contribution >= 0.6 is 15.9 Å². The second-order valence-corrected chi connectivity index (χ2v) is 5.10. The molecule has 96 valence electrons. The van der Waals surface area contributed by atoms with Gasteiger partial charge in [0.1, 0.15) is 0 Å². The van der Waals surface area contributed by atoms with E-state index in [4.69, 9.17) is 4.74 Å². The summed E-state index contributed by atoms with van der Waals surface area (Å²) in [5.41, 5.74) is 1.29. The maximum Gasteiger partial charge on any atom is 0.0587 e. The van der Waals surface area contributed by atoms with E-state index in [-0.39, 0.29) is 0 Å². The second kappa shape index (κ2) is 8.61. The van der Waals surface area contributed by atoms with Crippen molar-refractivity contribution in [3.05, 3.63) is 28.5 Å². The number of nitrogens with zero attached hydrogens (tertiary/aromatic N) is 1. The van der Waals surface area contributed by atoms with Gasteiger partial charge in [0, 0.05) is 30.5 Å². The lowest BCUT2D eigenvalue weighted by atomic mass is 9.98. The Kier molecular flexibility index (Phi) is 7.40. The number of ether oxygens (including phenoxy) is 1. The van der Waals surface area contributed by atoms with Crippen LogP contribution < -0.4 is 5.32 Å². The van der Waals surface area contributed by atoms with Gasteiger partial charge < -0.3 is 10.1 Å². The maximum atomic E-state index is 5.01. The molecule has 0 amide bonds. The molecule has 0 saturated carbocycles. The topological polar surface area (TPSA) is 34.1 Å². The van der Waals surface area contributed by atoms with Gasteiger partial charge in [-0.05, 0) is 46.4 Å². The van der Waals surface area contributed by atoms with Crippen LogP contribution in [0.5, 0.6) is 0 Å². The largest absolute Gasteiger partial charge is 0.383 e. The fourth-order valence-electron chi connectivity index (χ4n) is 1.74. The summed E-state index contributed by atoms with van der Waals surface area (Å²) in [6.45, 7) is 4.96. The first-order chi connectivity index (χ1) is 8.26. The van der Waals surface area contributed by atoms with E-state index < -0.39 is 0 Å². The van der Waals surface area contributed by atoms with Crippen molar-refractivity contribution in [2.75, 3.05) is 26.8 Å². The molecule has 1 unspecified atom stereocenters. The van der Waals surface area contributed by atoms with Crippen molar-refractivity contribution in [3.8, 4) is 0 Å². The Labute approximate surface area is 112 Å². The van der Waals surface area contributed by atoms with Crippen LogP contribution in [0.1, 0.15) is 18.9 Å². The summed E-state index contributed by atoms with van der Waals surface area (Å²) in [6, 6.07) is 2.14. The number of hydrogen-bond donors (Lipinski definition) is 1. The predicted molar refractivity (Wildman–Crippen MR) is 74.2 cm³/mol. The van der Waals surface area contributed by atoms with Crippen LogP contribution in [0.2, 0.25) is 0 Å². The monoisotopic (exact) mass is 300 g/mol. The van der Waals surface area contributed by atoms with Crippen LogP contribution in [0.3, 0.4) is 0 Å². The summed E-state index contributed by atoms with van der Waals surface area (Å²) < 4.78 is 6.07. The lowest BCUT2D eigenvalue weighted by Gasteiger charge is -2.15. The fourth-order valence-corrected chi connectivity index (χ4v) is 2.15. The molecule has 0 aliphatic carbocycles. The van der Waals surface area contributed by atoms with Crippen molar-refractivity contribution >= 4 is 15.9 Å². The molecule has 3 nitrogen and oxygen atoms in total. The highest BCUT2D eigenvalue weighted by Gasteiger charge is 2.07. The molecule has 1 N–H and O–H groups in total. The van der Waals surface area contributed by atoms with E-state index in [1.54, 1.807) is 7.11 Å². The van der Waals surface area contributed by atoms with Gasteiger partial charge in [-0.3, -0.25) is 4.98 Å². The predicted octanol–water partition coefficient (Wildman–Crippen LogP) is 2.65. The van der Waals surface area contributed by atoms with Gasteiger partial charge in [-0.2, -0.15) is 0 Å². The number of pyridine rings is 1. The molecule has 0 aliphatic rings. The van der Waals surface area contributed by atoms with Gasteiger partial charge in [-0.25, -0.2) is 0 Å². The van der Waals surface area contributed by atoms with E-state index in [1.807, 2.05) is 12.4 Å². The summed E-state index contributed by atoms with van der Waals surface area (Å²) in [5, 5.41) is 3.42. The Balaban J connectivity index is 2.35. The van der Waals surface area contributed by atoms with Crippen molar-refractivity contribution < 1.29 is 4.74 Å². The summed E-state index contributed by atoms with van der Waals surface area (Å²) in [6.07, 6.45) is 6.01. The van der Waals surface area contributed by atoms with E-state index in [0.29, 0.717) is 5.92 Å². The second-order valence-electron chi connectivity index (χ2n) is 4.19. The zero-order valence-electron chi connectivity index (χ0n) is 10.6. The van der Waals surface area contributed by atoms with Gasteiger partial charge in [-0.15, -0.1) is 0 Å². The minimum Gasteiger partial charge on any atom is -0.383 e. The fraction of sp³-hybridized carbons (Fsp3) is 0.615. The smallest absolute Gasteiger partial charge is 0.0587 e. The van der Waals surface area contributed by atoms with E-state index in [2.05, 4.69) is 39.2 Å². The molecule has 1 rings (SSSR count). The number of nitrogens with one attached hydrogen (secondary N) is 1. The van der Waals surface area contributed by atoms with Crippen LogP contribution in [-0.2, 0) is 11.2 Å². The molecule has 1 heterocycles. The quantitative estimate of drug-likeness (QED) is 0.750. The molecule has 0 radical (unpaired) electrons. The molecule has 0 aromatic carbocycles. The van der Waals surface area contributed by atoms with Gasteiger partial charge in [0.15, 0.2) is 0 Å². The molecule has 0 bridgehead atoms. The Morgan fingerprint density at radius 2 is 2.29 bits per heavy atom. The van der Waals surface area contributed by atoms with Crippen molar-refractivity contribution in [2.45, 2.75) is 19.8 Å². The minimum atomic E-state index is 0.656. The molecule has 1 aromatic rings. The number of rotatable bonds is 8. The van der Waals surface area contributed by atoms with Crippen molar-refractivity contribution in [3.63, 3.8) is 0 Å². The third-order valence-corrected chi connectivity index (χ3v) is 3.21. The Morgan fingerprint density at radius 3 is 2.94 bits per heavy atom. The normalized spacial score (nSPS) is 12.6. The molecule has 0 saturated heterocycles. The Bertz CT molecular complexity index is 320. The summed E-state index contributed by atoms with van der Waals surface area (Å²) in [5.74, 6) is 0.656. The molecule has 4 heteroatoms. The maximum absolute atomic E-state index is 5.01. The minimum absolute atomic E-state index is 0.656. The standard InChI is InChI=1S/C13H21BrN2O/c1-3-11(8-15-4-5-17-2)6-12-7-13(14)10-16-9-12/h7,9-11,15H,3-6,8H2,1-2H3. The first kappa shape index (κ1) is 14.6. The molecular formula is C13H21BrN2O. The van der Waals surface area contributed by atoms with Crippen LogP contribution in [0.4, 0.5) is 0 Å². The van der Waals surface area contributed by atoms with Gasteiger partial charge >= 0.3 is 0 Å². The molecule has 0 spiro atoms. The van der Waals surface area contributed by atoms with Crippen LogP contribution in [0.25, 0.3) is 0 Å². The van der Waals surface area contributed by atoms with Crippen LogP contribution in [0, 0.1) is 5.92 Å². The van der Waals surface area contributed by atoms with Gasteiger partial charge in [-0.1, -0.05) is 13.3 Å². The van der Waals surface area contributed by atoms with E-state index in [0.717, 1.165) is 30.6 Å². The highest BCUT2D eigenvalue weighted by molar-refractivity contribution is 9.10. The molecule has 0 fully saturated rings. The van der Waals surface area contributed by atoms with Crippen LogP contribution in [-0.4, -0.2) is 31.8 Å². The van der Waals surface area contributed by atoms with Gasteiger partial charge in [0.25, 0.3) is 0 Å². The zero-order valence-corrected chi connectivity index (χ0v) is 12.2. The van der Waals surface area contributed by atoms with Gasteiger partial charge in [0.05, 0.1) is 6.61 Å². The highest BCUT2D eigenvalue weighted by atomic mass is 79.9. The highest BCUT2D eigenvalue weighted by Crippen LogP contribution is 2.15. The number of hydrogen-bond acceptors (Lipinski definition) is 3. The molecule has 1 atom stereocenters. The molecular weight excluding hydrogens is 280 g/mol.